The van der Waals surface area contributed by atoms with E-state index in [4.69, 9.17) is 19.7 Å². The molecule has 3 heteroatoms. The molecule has 2 aliphatic carbocycles. The predicted molar refractivity (Wildman–Crippen MR) is 73.9 cm³/mol. The SMILES string of the molecule is CCC1=[C]([V]([Cl])([Cl])[C]2=C(CC)C=CC2)CC=C1. The van der Waals surface area contributed by atoms with E-state index in [1.807, 2.05) is 0 Å². The molecule has 2 rings (SSSR count). The van der Waals surface area contributed by atoms with Gasteiger partial charge in [0.05, 0.1) is 0 Å². The van der Waals surface area contributed by atoms with Gasteiger partial charge in [-0.3, -0.25) is 0 Å². The first-order valence-electron chi connectivity index (χ1n) is 6.17. The summed E-state index contributed by atoms with van der Waals surface area (Å²) in [6, 6.07) is 0. The number of halogens is 2. The molecule has 0 spiro atoms. The zero-order valence-corrected chi connectivity index (χ0v) is 13.2. The molecule has 0 aromatic rings. The fraction of sp³-hybridized carbons (Fsp3) is 0.429. The van der Waals surface area contributed by atoms with E-state index in [1.165, 1.54) is 19.7 Å². The van der Waals surface area contributed by atoms with Crippen molar-refractivity contribution in [3.63, 3.8) is 0 Å². The van der Waals surface area contributed by atoms with Crippen molar-refractivity contribution in [2.24, 2.45) is 0 Å². The van der Waals surface area contributed by atoms with Gasteiger partial charge in [-0.2, -0.15) is 0 Å². The minimum atomic E-state index is -2.81. The van der Waals surface area contributed by atoms with Crippen molar-refractivity contribution in [3.8, 4) is 0 Å². The van der Waals surface area contributed by atoms with Crippen molar-refractivity contribution in [2.45, 2.75) is 39.5 Å². The van der Waals surface area contributed by atoms with Gasteiger partial charge in [-0.05, 0) is 0 Å². The Labute approximate surface area is 115 Å². The second kappa shape index (κ2) is 5.40. The molecule has 2 aliphatic rings. The molecule has 0 saturated carbocycles. The molecule has 0 radical (unpaired) electrons. The number of hydrogen-bond acceptors (Lipinski definition) is 0. The normalized spacial score (nSPS) is 20.0. The van der Waals surface area contributed by atoms with Crippen LogP contribution in [0.1, 0.15) is 39.5 Å². The second-order valence-corrected chi connectivity index (χ2v) is 12.6. The molecule has 0 aromatic carbocycles. The Morgan fingerprint density at radius 1 is 0.941 bits per heavy atom. The standard InChI is InChI=1S/2C7H9.2ClH.V/c2*1-2-7-5-3-4-6-7;;;/h2*3,5H,2,4H2,1H3;2*1H;/q;;;;+2/p-2. The third-order valence-corrected chi connectivity index (χ3v) is 10.4. The molecule has 0 nitrogen and oxygen atoms in total. The molecule has 0 unspecified atom stereocenters. The van der Waals surface area contributed by atoms with Gasteiger partial charge in [0.25, 0.3) is 0 Å². The van der Waals surface area contributed by atoms with Gasteiger partial charge in [0.15, 0.2) is 0 Å². The van der Waals surface area contributed by atoms with Crippen LogP contribution >= 0.6 is 19.7 Å². The molecule has 0 aromatic heterocycles. The van der Waals surface area contributed by atoms with E-state index < -0.39 is 12.1 Å². The van der Waals surface area contributed by atoms with Gasteiger partial charge in [-0.1, -0.05) is 0 Å². The van der Waals surface area contributed by atoms with Crippen LogP contribution in [0.4, 0.5) is 0 Å². The van der Waals surface area contributed by atoms with Gasteiger partial charge in [0.2, 0.25) is 0 Å². The Morgan fingerprint density at radius 2 is 1.35 bits per heavy atom. The van der Waals surface area contributed by atoms with Crippen LogP contribution in [0.3, 0.4) is 0 Å². The van der Waals surface area contributed by atoms with Crippen molar-refractivity contribution in [1.82, 2.24) is 0 Å². The van der Waals surface area contributed by atoms with E-state index in [1.54, 1.807) is 0 Å². The molecule has 17 heavy (non-hydrogen) atoms. The topological polar surface area (TPSA) is 0 Å². The fourth-order valence-electron chi connectivity index (χ4n) is 2.48. The monoisotopic (exact) mass is 307 g/mol. The van der Waals surface area contributed by atoms with Crippen LogP contribution in [0.15, 0.2) is 44.0 Å². The van der Waals surface area contributed by atoms with Gasteiger partial charge in [0, 0.05) is 0 Å². The van der Waals surface area contributed by atoms with E-state index in [0.717, 1.165) is 25.7 Å². The molecule has 0 atom stereocenters. The van der Waals surface area contributed by atoms with Crippen LogP contribution in [0, 0.1) is 0 Å². The third kappa shape index (κ3) is 2.47. The molecule has 0 fully saturated rings. The summed E-state index contributed by atoms with van der Waals surface area (Å²) < 4.78 is 2.69. The Bertz CT molecular complexity index is 399. The Morgan fingerprint density at radius 3 is 1.71 bits per heavy atom. The molecule has 0 heterocycles. The van der Waals surface area contributed by atoms with Crippen molar-refractivity contribution >= 4 is 19.7 Å². The molecule has 0 saturated heterocycles. The van der Waals surface area contributed by atoms with E-state index >= 15 is 0 Å². The van der Waals surface area contributed by atoms with Crippen molar-refractivity contribution in [2.75, 3.05) is 0 Å². The van der Waals surface area contributed by atoms with Crippen molar-refractivity contribution in [3.05, 3.63) is 44.0 Å². The Hall–Kier alpha value is 0.124. The van der Waals surface area contributed by atoms with Crippen LogP contribution in [0.25, 0.3) is 0 Å². The molecular formula is C14H18Cl2V. The fourth-order valence-corrected chi connectivity index (χ4v) is 8.81. The summed E-state index contributed by atoms with van der Waals surface area (Å²) in [5, 5.41) is 0. The van der Waals surface area contributed by atoms with Gasteiger partial charge in [0.1, 0.15) is 0 Å². The zero-order valence-electron chi connectivity index (χ0n) is 10.3. The summed E-state index contributed by atoms with van der Waals surface area (Å²) in [6.45, 7) is 4.35. The maximum atomic E-state index is 6.84. The van der Waals surface area contributed by atoms with Crippen LogP contribution in [0.5, 0.6) is 0 Å². The molecular weight excluding hydrogens is 290 g/mol. The molecule has 0 bridgehead atoms. The van der Waals surface area contributed by atoms with Gasteiger partial charge in [-0.25, -0.2) is 0 Å². The van der Waals surface area contributed by atoms with Gasteiger partial charge < -0.3 is 0 Å². The summed E-state index contributed by atoms with van der Waals surface area (Å²) in [7, 11) is 13.7. The first kappa shape index (κ1) is 13.6. The first-order chi connectivity index (χ1) is 8.11. The summed E-state index contributed by atoms with van der Waals surface area (Å²) in [4.78, 5) is 0. The summed E-state index contributed by atoms with van der Waals surface area (Å²) in [6.07, 6.45) is 12.8. The predicted octanol–water partition coefficient (Wildman–Crippen LogP) is 5.70. The molecule has 0 aliphatic heterocycles. The summed E-state index contributed by atoms with van der Waals surface area (Å²) in [5.41, 5.74) is 2.75. The van der Waals surface area contributed by atoms with Crippen LogP contribution in [0.2, 0.25) is 0 Å². The minimum absolute atomic E-state index is 0.962. The van der Waals surface area contributed by atoms with E-state index in [0.29, 0.717) is 0 Å². The van der Waals surface area contributed by atoms with Gasteiger partial charge >= 0.3 is 115 Å². The second-order valence-electron chi connectivity index (χ2n) is 4.38. The maximum absolute atomic E-state index is 6.84. The quantitative estimate of drug-likeness (QED) is 0.625. The zero-order chi connectivity index (χ0) is 12.5. The van der Waals surface area contributed by atoms with Crippen molar-refractivity contribution < 1.29 is 12.1 Å². The van der Waals surface area contributed by atoms with Crippen molar-refractivity contribution in [1.29, 1.82) is 0 Å². The van der Waals surface area contributed by atoms with Crippen LogP contribution < -0.4 is 0 Å². The van der Waals surface area contributed by atoms with E-state index in [-0.39, 0.29) is 0 Å². The average molecular weight is 308 g/mol. The molecule has 0 N–H and O–H groups in total. The van der Waals surface area contributed by atoms with Crippen LogP contribution in [-0.4, -0.2) is 0 Å². The molecule has 0 amide bonds. The Balaban J connectivity index is 2.38. The summed E-state index contributed by atoms with van der Waals surface area (Å²) in [5.74, 6) is 0. The first-order valence-corrected chi connectivity index (χ1v) is 11.4. The molecule has 93 valence electrons. The van der Waals surface area contributed by atoms with Crippen LogP contribution in [-0.2, 0) is 12.1 Å². The van der Waals surface area contributed by atoms with Gasteiger partial charge in [-0.15, -0.1) is 0 Å². The average Bonchev–Trinajstić information content (AvgIpc) is 2.97. The van der Waals surface area contributed by atoms with E-state index in [2.05, 4.69) is 38.2 Å². The third-order valence-electron chi connectivity index (χ3n) is 3.44. The van der Waals surface area contributed by atoms with E-state index in [9.17, 15) is 0 Å². The number of rotatable bonds is 4. The number of allylic oxidation sites excluding steroid dienone is 8. The summed E-state index contributed by atoms with van der Waals surface area (Å²) >= 11 is -2.81. The Kier molecular flexibility index (Phi) is 4.31. The number of hydrogen-bond donors (Lipinski definition) is 0.